The van der Waals surface area contributed by atoms with Gasteiger partial charge in [-0.25, -0.2) is 9.97 Å². The van der Waals surface area contributed by atoms with Gasteiger partial charge in [0.2, 0.25) is 5.95 Å². The van der Waals surface area contributed by atoms with Gasteiger partial charge in [0.05, 0.1) is 28.7 Å². The van der Waals surface area contributed by atoms with Crippen LogP contribution < -0.4 is 5.73 Å². The fourth-order valence-electron chi connectivity index (χ4n) is 2.14. The first-order valence-electron chi connectivity index (χ1n) is 5.39. The van der Waals surface area contributed by atoms with Crippen LogP contribution in [0.15, 0.2) is 24.5 Å². The Balaban J connectivity index is 2.26. The number of benzene rings is 1. The molecule has 0 fully saturated rings. The van der Waals surface area contributed by atoms with Crippen LogP contribution in [0.3, 0.4) is 0 Å². The van der Waals surface area contributed by atoms with E-state index in [0.29, 0.717) is 5.95 Å². The number of nitrogen functional groups attached to an aromatic ring is 1. The van der Waals surface area contributed by atoms with Crippen molar-refractivity contribution in [2.24, 2.45) is 7.05 Å². The van der Waals surface area contributed by atoms with Crippen molar-refractivity contribution in [3.63, 3.8) is 0 Å². The maximum atomic E-state index is 5.80. The van der Waals surface area contributed by atoms with Gasteiger partial charge < -0.3 is 15.3 Å². The van der Waals surface area contributed by atoms with Crippen LogP contribution in [-0.4, -0.2) is 19.5 Å². The molecule has 0 atom stereocenters. The van der Waals surface area contributed by atoms with E-state index in [9.17, 15) is 0 Å². The molecule has 0 amide bonds. The second-order valence-electron chi connectivity index (χ2n) is 4.10. The first-order chi connectivity index (χ1) is 8.16. The molecule has 0 saturated heterocycles. The van der Waals surface area contributed by atoms with E-state index in [1.807, 2.05) is 30.7 Å². The van der Waals surface area contributed by atoms with Crippen molar-refractivity contribution in [2.45, 2.75) is 6.92 Å². The maximum absolute atomic E-state index is 5.80. The molecule has 2 aromatic heterocycles. The summed E-state index contributed by atoms with van der Waals surface area (Å²) < 4.78 is 1.90. The van der Waals surface area contributed by atoms with Crippen LogP contribution in [-0.2, 0) is 7.05 Å². The van der Waals surface area contributed by atoms with E-state index >= 15 is 0 Å². The predicted molar refractivity (Wildman–Crippen MR) is 67.4 cm³/mol. The number of hydrogen-bond donors (Lipinski definition) is 2. The van der Waals surface area contributed by atoms with E-state index in [4.69, 9.17) is 5.73 Å². The molecule has 0 aliphatic carbocycles. The van der Waals surface area contributed by atoms with Crippen molar-refractivity contribution in [3.05, 3.63) is 30.2 Å². The standard InChI is InChI=1S/C12H13N5/c1-7-11(17(2)12(13)16-7)8-3-4-9-10(5-8)15-6-14-9/h3-6H,1-2H3,(H2,13,16)(H,14,15). The number of rotatable bonds is 1. The maximum Gasteiger partial charge on any atom is 0.200 e. The fraction of sp³-hybridized carbons (Fsp3) is 0.167. The van der Waals surface area contributed by atoms with Gasteiger partial charge in [0.15, 0.2) is 0 Å². The van der Waals surface area contributed by atoms with Crippen LogP contribution >= 0.6 is 0 Å². The summed E-state index contributed by atoms with van der Waals surface area (Å²) in [5.41, 5.74) is 10.8. The van der Waals surface area contributed by atoms with Crippen LogP contribution in [0.4, 0.5) is 5.95 Å². The molecule has 2 heterocycles. The third kappa shape index (κ3) is 1.39. The van der Waals surface area contributed by atoms with Crippen LogP contribution in [0.5, 0.6) is 0 Å². The van der Waals surface area contributed by atoms with Crippen LogP contribution in [0.25, 0.3) is 22.3 Å². The minimum atomic E-state index is 0.530. The van der Waals surface area contributed by atoms with E-state index in [2.05, 4.69) is 21.0 Å². The molecule has 0 radical (unpaired) electrons. The number of anilines is 1. The summed E-state index contributed by atoms with van der Waals surface area (Å²) in [5, 5.41) is 0. The molecule has 0 unspecified atom stereocenters. The van der Waals surface area contributed by atoms with Crippen LogP contribution in [0.2, 0.25) is 0 Å². The fourth-order valence-corrected chi connectivity index (χ4v) is 2.14. The lowest BCUT2D eigenvalue weighted by atomic mass is 10.1. The Morgan fingerprint density at radius 2 is 2.18 bits per heavy atom. The molecular weight excluding hydrogens is 214 g/mol. The Morgan fingerprint density at radius 3 is 2.88 bits per heavy atom. The number of nitrogens with one attached hydrogen (secondary N) is 1. The van der Waals surface area contributed by atoms with Gasteiger partial charge in [-0.05, 0) is 19.1 Å². The number of aromatic nitrogens is 4. The Bertz CT molecular complexity index is 692. The summed E-state index contributed by atoms with van der Waals surface area (Å²) in [7, 11) is 1.92. The molecule has 17 heavy (non-hydrogen) atoms. The van der Waals surface area contributed by atoms with E-state index < -0.39 is 0 Å². The summed E-state index contributed by atoms with van der Waals surface area (Å²) in [4.78, 5) is 11.6. The number of H-pyrrole nitrogens is 1. The minimum absolute atomic E-state index is 0.530. The molecule has 0 spiro atoms. The largest absolute Gasteiger partial charge is 0.369 e. The Hall–Kier alpha value is -2.30. The molecule has 3 aromatic rings. The smallest absolute Gasteiger partial charge is 0.200 e. The second kappa shape index (κ2) is 3.35. The van der Waals surface area contributed by atoms with Crippen molar-refractivity contribution in [3.8, 4) is 11.3 Å². The van der Waals surface area contributed by atoms with Crippen LogP contribution in [0, 0.1) is 6.92 Å². The van der Waals surface area contributed by atoms with Gasteiger partial charge in [-0.2, -0.15) is 0 Å². The number of aryl methyl sites for hydroxylation is 1. The van der Waals surface area contributed by atoms with Crippen molar-refractivity contribution in [1.82, 2.24) is 19.5 Å². The molecule has 0 saturated carbocycles. The zero-order valence-electron chi connectivity index (χ0n) is 9.73. The van der Waals surface area contributed by atoms with E-state index in [-0.39, 0.29) is 0 Å². The van der Waals surface area contributed by atoms with Crippen molar-refractivity contribution < 1.29 is 0 Å². The SMILES string of the molecule is Cc1nc(N)n(C)c1-c1ccc2nc[nH]c2c1. The monoisotopic (exact) mass is 227 g/mol. The molecule has 3 rings (SSSR count). The normalized spacial score (nSPS) is 11.2. The highest BCUT2D eigenvalue weighted by atomic mass is 15.1. The summed E-state index contributed by atoms with van der Waals surface area (Å²) in [6.45, 7) is 1.96. The average molecular weight is 227 g/mol. The van der Waals surface area contributed by atoms with Crippen LogP contribution in [0.1, 0.15) is 5.69 Å². The Kier molecular flexibility index (Phi) is 1.95. The summed E-state index contributed by atoms with van der Waals surface area (Å²) >= 11 is 0. The summed E-state index contributed by atoms with van der Waals surface area (Å²) in [6.07, 6.45) is 1.69. The predicted octanol–water partition coefficient (Wildman–Crippen LogP) is 1.85. The lowest BCUT2D eigenvalue weighted by Crippen LogP contribution is -1.98. The van der Waals surface area contributed by atoms with Gasteiger partial charge in [-0.1, -0.05) is 6.07 Å². The molecule has 0 aliphatic rings. The van der Waals surface area contributed by atoms with Gasteiger partial charge >= 0.3 is 0 Å². The van der Waals surface area contributed by atoms with Crippen molar-refractivity contribution in [2.75, 3.05) is 5.73 Å². The lowest BCUT2D eigenvalue weighted by molar-refractivity contribution is 0.938. The summed E-state index contributed by atoms with van der Waals surface area (Å²) in [6, 6.07) is 6.09. The Morgan fingerprint density at radius 1 is 1.35 bits per heavy atom. The van der Waals surface area contributed by atoms with Gasteiger partial charge in [0.1, 0.15) is 0 Å². The number of nitrogens with two attached hydrogens (primary N) is 1. The first-order valence-corrected chi connectivity index (χ1v) is 5.39. The third-order valence-corrected chi connectivity index (χ3v) is 3.00. The van der Waals surface area contributed by atoms with Gasteiger partial charge in [-0.15, -0.1) is 0 Å². The molecule has 5 nitrogen and oxygen atoms in total. The number of nitrogens with zero attached hydrogens (tertiary/aromatic N) is 3. The zero-order chi connectivity index (χ0) is 12.0. The van der Waals surface area contributed by atoms with Gasteiger partial charge in [-0.3, -0.25) is 0 Å². The van der Waals surface area contributed by atoms with Crippen molar-refractivity contribution >= 4 is 17.0 Å². The lowest BCUT2D eigenvalue weighted by Gasteiger charge is -2.04. The topological polar surface area (TPSA) is 72.5 Å². The molecule has 3 N–H and O–H groups in total. The number of imidazole rings is 2. The zero-order valence-corrected chi connectivity index (χ0v) is 9.73. The highest BCUT2D eigenvalue weighted by Crippen LogP contribution is 2.26. The molecule has 0 aliphatic heterocycles. The average Bonchev–Trinajstić information content (AvgIpc) is 2.84. The number of hydrogen-bond acceptors (Lipinski definition) is 3. The molecule has 86 valence electrons. The van der Waals surface area contributed by atoms with Crippen molar-refractivity contribution in [1.29, 1.82) is 0 Å². The highest BCUT2D eigenvalue weighted by molar-refractivity contribution is 5.81. The van der Waals surface area contributed by atoms with Gasteiger partial charge in [0, 0.05) is 12.6 Å². The minimum Gasteiger partial charge on any atom is -0.369 e. The molecular formula is C12H13N5. The molecule has 5 heteroatoms. The number of fused-ring (bicyclic) bond motifs is 1. The van der Waals surface area contributed by atoms with E-state index in [1.165, 1.54) is 0 Å². The second-order valence-corrected chi connectivity index (χ2v) is 4.10. The quantitative estimate of drug-likeness (QED) is 0.666. The molecule has 1 aromatic carbocycles. The summed E-state index contributed by atoms with van der Waals surface area (Å²) in [5.74, 6) is 0.530. The highest BCUT2D eigenvalue weighted by Gasteiger charge is 2.11. The first kappa shape index (κ1) is 9.89. The number of aromatic amines is 1. The third-order valence-electron chi connectivity index (χ3n) is 3.00. The van der Waals surface area contributed by atoms with E-state index in [1.54, 1.807) is 6.33 Å². The molecule has 0 bridgehead atoms. The van der Waals surface area contributed by atoms with E-state index in [0.717, 1.165) is 28.0 Å². The Labute approximate surface area is 98.3 Å². The van der Waals surface area contributed by atoms with Gasteiger partial charge in [0.25, 0.3) is 0 Å².